The fraction of sp³-hybridized carbons (Fsp3) is 0.688. The molecule has 106 valence electrons. The Morgan fingerprint density at radius 1 is 1.32 bits per heavy atom. The summed E-state index contributed by atoms with van der Waals surface area (Å²) in [5.41, 5.74) is 1.15. The van der Waals surface area contributed by atoms with E-state index in [1.807, 2.05) is 0 Å². The molecule has 0 spiro atoms. The fourth-order valence-corrected chi connectivity index (χ4v) is 2.99. The van der Waals surface area contributed by atoms with Gasteiger partial charge in [-0.15, -0.1) is 0 Å². The first kappa shape index (κ1) is 14.3. The van der Waals surface area contributed by atoms with E-state index >= 15 is 0 Å². The summed E-state index contributed by atoms with van der Waals surface area (Å²) in [5.74, 6) is 1.16. The molecule has 1 fully saturated rings. The first-order valence-corrected chi connectivity index (χ1v) is 7.71. The molecule has 2 unspecified atom stereocenters. The molecule has 1 aliphatic heterocycles. The van der Waals surface area contributed by atoms with Crippen molar-refractivity contribution in [2.24, 2.45) is 0 Å². The Morgan fingerprint density at radius 3 is 2.89 bits per heavy atom. The first-order valence-electron chi connectivity index (χ1n) is 7.71. The molecule has 2 rings (SSSR count). The minimum absolute atomic E-state index is 0.622. The van der Waals surface area contributed by atoms with Gasteiger partial charge in [0, 0.05) is 18.6 Å². The van der Waals surface area contributed by atoms with Crippen molar-refractivity contribution in [1.82, 2.24) is 10.3 Å². The molecule has 3 heteroatoms. The summed E-state index contributed by atoms with van der Waals surface area (Å²) >= 11 is 0. The lowest BCUT2D eigenvalue weighted by molar-refractivity contribution is 0.616. The Bertz CT molecular complexity index is 391. The fourth-order valence-electron chi connectivity index (χ4n) is 2.99. The van der Waals surface area contributed by atoms with Crippen molar-refractivity contribution in [2.75, 3.05) is 11.4 Å². The van der Waals surface area contributed by atoms with Gasteiger partial charge in [0.25, 0.3) is 0 Å². The standard InChI is InChI=1S/C16H27N3/c1-4-11-17-12-14-7-6-8-16(18-14)19-13(3)9-10-15(19)5-2/h6-8,13,15,17H,4-5,9-12H2,1-3H3. The SMILES string of the molecule is CCCNCc1cccc(N2C(C)CCC2CC)n1. The zero-order chi connectivity index (χ0) is 13.7. The van der Waals surface area contributed by atoms with Crippen LogP contribution in [-0.2, 0) is 6.54 Å². The molecule has 3 nitrogen and oxygen atoms in total. The number of rotatable bonds is 6. The molecule has 0 bridgehead atoms. The summed E-state index contributed by atoms with van der Waals surface area (Å²) in [6, 6.07) is 7.71. The van der Waals surface area contributed by atoms with Gasteiger partial charge in [-0.3, -0.25) is 0 Å². The summed E-state index contributed by atoms with van der Waals surface area (Å²) in [6.45, 7) is 8.72. The predicted octanol–water partition coefficient (Wildman–Crippen LogP) is 3.35. The van der Waals surface area contributed by atoms with Gasteiger partial charge in [0.2, 0.25) is 0 Å². The number of nitrogens with zero attached hydrogens (tertiary/aromatic N) is 2. The van der Waals surface area contributed by atoms with Crippen molar-refractivity contribution in [3.8, 4) is 0 Å². The number of pyridine rings is 1. The molecule has 2 atom stereocenters. The molecule has 19 heavy (non-hydrogen) atoms. The van der Waals surface area contributed by atoms with E-state index in [0.29, 0.717) is 12.1 Å². The van der Waals surface area contributed by atoms with Gasteiger partial charge in [-0.25, -0.2) is 4.98 Å². The summed E-state index contributed by atoms with van der Waals surface area (Å²) in [6.07, 6.45) is 4.97. The maximum Gasteiger partial charge on any atom is 0.129 e. The molecule has 2 heterocycles. The van der Waals surface area contributed by atoms with Crippen molar-refractivity contribution >= 4 is 5.82 Å². The maximum absolute atomic E-state index is 4.84. The van der Waals surface area contributed by atoms with Crippen LogP contribution in [0.4, 0.5) is 5.82 Å². The summed E-state index contributed by atoms with van der Waals surface area (Å²) in [7, 11) is 0. The van der Waals surface area contributed by atoms with Gasteiger partial charge in [0.1, 0.15) is 5.82 Å². The number of aromatic nitrogens is 1. The van der Waals surface area contributed by atoms with Crippen LogP contribution in [0.1, 0.15) is 52.1 Å². The van der Waals surface area contributed by atoms with Crippen LogP contribution in [0.15, 0.2) is 18.2 Å². The van der Waals surface area contributed by atoms with E-state index in [9.17, 15) is 0 Å². The van der Waals surface area contributed by atoms with Gasteiger partial charge in [0.05, 0.1) is 5.69 Å². The minimum Gasteiger partial charge on any atom is -0.351 e. The molecule has 1 N–H and O–H groups in total. The normalized spacial score (nSPS) is 23.0. The molecule has 1 saturated heterocycles. The van der Waals surface area contributed by atoms with E-state index < -0.39 is 0 Å². The van der Waals surface area contributed by atoms with E-state index in [4.69, 9.17) is 4.98 Å². The van der Waals surface area contributed by atoms with Crippen LogP contribution in [0.2, 0.25) is 0 Å². The van der Waals surface area contributed by atoms with Crippen LogP contribution in [0, 0.1) is 0 Å². The Morgan fingerprint density at radius 2 is 2.16 bits per heavy atom. The highest BCUT2D eigenvalue weighted by Crippen LogP contribution is 2.30. The van der Waals surface area contributed by atoms with Gasteiger partial charge in [-0.2, -0.15) is 0 Å². The van der Waals surface area contributed by atoms with Crippen molar-refractivity contribution in [3.05, 3.63) is 23.9 Å². The second-order valence-electron chi connectivity index (χ2n) is 5.56. The highest BCUT2D eigenvalue weighted by atomic mass is 15.3. The van der Waals surface area contributed by atoms with Gasteiger partial charge in [-0.05, 0) is 51.3 Å². The summed E-state index contributed by atoms with van der Waals surface area (Å²) < 4.78 is 0. The molecule has 0 saturated carbocycles. The van der Waals surface area contributed by atoms with Gasteiger partial charge in [-0.1, -0.05) is 19.9 Å². The highest BCUT2D eigenvalue weighted by Gasteiger charge is 2.30. The first-order chi connectivity index (χ1) is 9.26. The molecule has 1 aromatic heterocycles. The zero-order valence-corrected chi connectivity index (χ0v) is 12.5. The van der Waals surface area contributed by atoms with Gasteiger partial charge >= 0.3 is 0 Å². The van der Waals surface area contributed by atoms with Crippen LogP contribution in [-0.4, -0.2) is 23.6 Å². The smallest absolute Gasteiger partial charge is 0.129 e. The number of hydrogen-bond donors (Lipinski definition) is 1. The van der Waals surface area contributed by atoms with Crippen molar-refractivity contribution < 1.29 is 0 Å². The largest absolute Gasteiger partial charge is 0.351 e. The Hall–Kier alpha value is -1.09. The number of hydrogen-bond acceptors (Lipinski definition) is 3. The Balaban J connectivity index is 2.08. The third-order valence-electron chi connectivity index (χ3n) is 4.05. The van der Waals surface area contributed by atoms with Crippen LogP contribution < -0.4 is 10.2 Å². The number of nitrogens with one attached hydrogen (secondary N) is 1. The molecular formula is C16H27N3. The molecule has 1 aromatic rings. The van der Waals surface area contributed by atoms with Crippen molar-refractivity contribution in [3.63, 3.8) is 0 Å². The molecule has 0 aromatic carbocycles. The molecule has 0 aliphatic carbocycles. The molecule has 1 aliphatic rings. The van der Waals surface area contributed by atoms with E-state index in [-0.39, 0.29) is 0 Å². The van der Waals surface area contributed by atoms with E-state index in [0.717, 1.165) is 24.6 Å². The van der Waals surface area contributed by atoms with Crippen LogP contribution in [0.5, 0.6) is 0 Å². The second kappa shape index (κ2) is 6.90. The highest BCUT2D eigenvalue weighted by molar-refractivity contribution is 5.43. The predicted molar refractivity (Wildman–Crippen MR) is 81.5 cm³/mol. The maximum atomic E-state index is 4.84. The lowest BCUT2D eigenvalue weighted by Gasteiger charge is -2.29. The van der Waals surface area contributed by atoms with Gasteiger partial charge < -0.3 is 10.2 Å². The summed E-state index contributed by atoms with van der Waals surface area (Å²) in [4.78, 5) is 7.36. The monoisotopic (exact) mass is 261 g/mol. The lowest BCUT2D eigenvalue weighted by Crippen LogP contribution is -2.35. The van der Waals surface area contributed by atoms with Gasteiger partial charge in [0.15, 0.2) is 0 Å². The van der Waals surface area contributed by atoms with E-state index in [1.54, 1.807) is 0 Å². The van der Waals surface area contributed by atoms with Crippen LogP contribution in [0.25, 0.3) is 0 Å². The molecule has 0 amide bonds. The topological polar surface area (TPSA) is 28.2 Å². The average Bonchev–Trinajstić information content (AvgIpc) is 2.80. The third-order valence-corrected chi connectivity index (χ3v) is 4.05. The van der Waals surface area contributed by atoms with Crippen molar-refractivity contribution in [1.29, 1.82) is 0 Å². The van der Waals surface area contributed by atoms with Crippen LogP contribution >= 0.6 is 0 Å². The Labute approximate surface area is 117 Å². The Kier molecular flexibility index (Phi) is 5.20. The van der Waals surface area contributed by atoms with E-state index in [2.05, 4.69) is 49.2 Å². The molecule has 0 radical (unpaired) electrons. The molecular weight excluding hydrogens is 234 g/mol. The zero-order valence-electron chi connectivity index (χ0n) is 12.5. The van der Waals surface area contributed by atoms with Crippen molar-refractivity contribution in [2.45, 2.75) is 65.1 Å². The average molecular weight is 261 g/mol. The minimum atomic E-state index is 0.622. The van der Waals surface area contributed by atoms with E-state index in [1.165, 1.54) is 25.7 Å². The van der Waals surface area contributed by atoms with Crippen LogP contribution in [0.3, 0.4) is 0 Å². The lowest BCUT2D eigenvalue weighted by atomic mass is 10.1. The summed E-state index contributed by atoms with van der Waals surface area (Å²) in [5, 5.41) is 3.42. The second-order valence-corrected chi connectivity index (χ2v) is 5.56. The quantitative estimate of drug-likeness (QED) is 0.796. The third kappa shape index (κ3) is 3.47. The number of anilines is 1.